The Hall–Kier alpha value is -3.06. The van der Waals surface area contributed by atoms with Crippen LogP contribution in [0.1, 0.15) is 11.1 Å². The fourth-order valence-electron chi connectivity index (χ4n) is 2.07. The number of rotatable bonds is 6. The first kappa shape index (κ1) is 20.3. The van der Waals surface area contributed by atoms with Crippen molar-refractivity contribution in [3.63, 3.8) is 0 Å². The summed E-state index contributed by atoms with van der Waals surface area (Å²) in [5.41, 5.74) is -1.40. The van der Waals surface area contributed by atoms with Crippen LogP contribution in [0.4, 0.5) is 13.2 Å². The molecule has 1 amide bonds. The van der Waals surface area contributed by atoms with E-state index in [4.69, 9.17) is 5.11 Å². The molecule has 0 bridgehead atoms. The summed E-state index contributed by atoms with van der Waals surface area (Å²) >= 11 is 0.632. The van der Waals surface area contributed by atoms with Gasteiger partial charge in [-0.3, -0.25) is 9.59 Å². The number of carbonyl (C=O) groups excluding carboxylic acids is 1. The monoisotopic (exact) mass is 395 g/mol. The highest BCUT2D eigenvalue weighted by Crippen LogP contribution is 2.37. The Bertz CT molecular complexity index is 896. The van der Waals surface area contributed by atoms with E-state index in [0.29, 0.717) is 17.3 Å². The summed E-state index contributed by atoms with van der Waals surface area (Å²) in [7, 11) is 0. The van der Waals surface area contributed by atoms with Crippen LogP contribution in [0.5, 0.6) is 0 Å². The van der Waals surface area contributed by atoms with Crippen molar-refractivity contribution in [2.75, 3.05) is 12.3 Å². The molecule has 0 radical (unpaired) electrons. The Kier molecular flexibility index (Phi) is 6.41. The van der Waals surface area contributed by atoms with Gasteiger partial charge in [-0.05, 0) is 6.07 Å². The van der Waals surface area contributed by atoms with Crippen molar-refractivity contribution in [3.05, 3.63) is 47.5 Å². The number of thioether (sulfide) groups is 1. The van der Waals surface area contributed by atoms with E-state index in [1.54, 1.807) is 30.3 Å². The van der Waals surface area contributed by atoms with Crippen LogP contribution in [-0.4, -0.2) is 34.3 Å². The summed E-state index contributed by atoms with van der Waals surface area (Å²) < 4.78 is 40.2. The number of carbonyl (C=O) groups is 2. The van der Waals surface area contributed by atoms with Crippen LogP contribution >= 0.6 is 11.8 Å². The third-order valence-corrected chi connectivity index (χ3v) is 4.23. The van der Waals surface area contributed by atoms with E-state index in [9.17, 15) is 28.0 Å². The predicted molar refractivity (Wildman–Crippen MR) is 90.8 cm³/mol. The normalized spacial score (nSPS) is 10.9. The number of nitriles is 1. The number of benzene rings is 1. The number of carboxylic acids is 1. The number of pyridine rings is 1. The molecule has 10 heteroatoms. The topological polar surface area (TPSA) is 103 Å². The van der Waals surface area contributed by atoms with Crippen molar-refractivity contribution in [1.29, 1.82) is 5.26 Å². The zero-order chi connectivity index (χ0) is 20.0. The molecule has 0 aliphatic heterocycles. The Labute approximate surface area is 156 Å². The molecule has 140 valence electrons. The quantitative estimate of drug-likeness (QED) is 0.729. The fourth-order valence-corrected chi connectivity index (χ4v) is 2.91. The van der Waals surface area contributed by atoms with Crippen LogP contribution in [-0.2, 0) is 15.8 Å². The number of halogens is 3. The van der Waals surface area contributed by atoms with E-state index in [0.717, 1.165) is 6.07 Å². The lowest BCUT2D eigenvalue weighted by Gasteiger charge is -2.14. The van der Waals surface area contributed by atoms with Crippen LogP contribution in [0.2, 0.25) is 0 Å². The minimum absolute atomic E-state index is 0.00960. The minimum Gasteiger partial charge on any atom is -0.480 e. The largest absolute Gasteiger partial charge is 0.480 e. The van der Waals surface area contributed by atoms with E-state index in [1.807, 2.05) is 0 Å². The van der Waals surface area contributed by atoms with Gasteiger partial charge in [-0.1, -0.05) is 42.1 Å². The third-order valence-electron chi connectivity index (χ3n) is 3.25. The molecule has 0 unspecified atom stereocenters. The van der Waals surface area contributed by atoms with Gasteiger partial charge >= 0.3 is 12.1 Å². The molecule has 2 aromatic rings. The van der Waals surface area contributed by atoms with E-state index < -0.39 is 35.7 Å². The Morgan fingerprint density at radius 2 is 1.93 bits per heavy atom. The number of nitrogens with zero attached hydrogens (tertiary/aromatic N) is 2. The van der Waals surface area contributed by atoms with E-state index in [2.05, 4.69) is 10.3 Å². The number of amides is 1. The number of hydrogen-bond donors (Lipinski definition) is 2. The summed E-state index contributed by atoms with van der Waals surface area (Å²) in [4.78, 5) is 26.2. The van der Waals surface area contributed by atoms with Crippen molar-refractivity contribution in [3.8, 4) is 17.3 Å². The van der Waals surface area contributed by atoms with Gasteiger partial charge in [0.05, 0.1) is 22.6 Å². The predicted octanol–water partition coefficient (Wildman–Crippen LogP) is 2.93. The van der Waals surface area contributed by atoms with Crippen LogP contribution < -0.4 is 5.32 Å². The van der Waals surface area contributed by atoms with Gasteiger partial charge < -0.3 is 10.4 Å². The van der Waals surface area contributed by atoms with Crippen molar-refractivity contribution in [2.24, 2.45) is 0 Å². The van der Waals surface area contributed by atoms with Crippen molar-refractivity contribution >= 4 is 23.6 Å². The van der Waals surface area contributed by atoms with Crippen LogP contribution in [0, 0.1) is 11.3 Å². The maximum atomic E-state index is 13.4. The van der Waals surface area contributed by atoms with Crippen molar-refractivity contribution < 1.29 is 27.9 Å². The average Bonchev–Trinajstić information content (AvgIpc) is 2.63. The Morgan fingerprint density at radius 3 is 2.48 bits per heavy atom. The maximum Gasteiger partial charge on any atom is 0.417 e. The molecule has 0 aliphatic carbocycles. The number of alkyl halides is 3. The molecule has 0 saturated carbocycles. The molecule has 2 N–H and O–H groups in total. The minimum atomic E-state index is -4.78. The van der Waals surface area contributed by atoms with E-state index >= 15 is 0 Å². The number of aromatic nitrogens is 1. The molecule has 0 spiro atoms. The number of nitrogens with one attached hydrogen (secondary N) is 1. The molecule has 27 heavy (non-hydrogen) atoms. The van der Waals surface area contributed by atoms with Gasteiger partial charge in [-0.2, -0.15) is 18.4 Å². The molecule has 1 heterocycles. The second kappa shape index (κ2) is 8.55. The zero-order valence-corrected chi connectivity index (χ0v) is 14.4. The third kappa shape index (κ3) is 5.46. The van der Waals surface area contributed by atoms with E-state index in [-0.39, 0.29) is 16.5 Å². The second-order valence-corrected chi connectivity index (χ2v) is 6.13. The molecule has 6 nitrogen and oxygen atoms in total. The lowest BCUT2D eigenvalue weighted by atomic mass is 10.1. The van der Waals surface area contributed by atoms with Gasteiger partial charge in [-0.15, -0.1) is 0 Å². The molecule has 0 aliphatic rings. The van der Waals surface area contributed by atoms with Crippen LogP contribution in [0.25, 0.3) is 11.3 Å². The van der Waals surface area contributed by atoms with Crippen molar-refractivity contribution in [1.82, 2.24) is 10.3 Å². The summed E-state index contributed by atoms with van der Waals surface area (Å²) in [5, 5.41) is 19.5. The van der Waals surface area contributed by atoms with Gasteiger partial charge in [0.1, 0.15) is 17.6 Å². The van der Waals surface area contributed by atoms with Gasteiger partial charge in [0.25, 0.3) is 0 Å². The van der Waals surface area contributed by atoms with Gasteiger partial charge in [0, 0.05) is 5.56 Å². The first-order chi connectivity index (χ1) is 12.7. The number of aliphatic carboxylic acids is 1. The molecule has 0 fully saturated rings. The second-order valence-electron chi connectivity index (χ2n) is 5.17. The van der Waals surface area contributed by atoms with Crippen molar-refractivity contribution in [2.45, 2.75) is 11.2 Å². The first-order valence-electron chi connectivity index (χ1n) is 7.41. The highest BCUT2D eigenvalue weighted by Gasteiger charge is 2.36. The summed E-state index contributed by atoms with van der Waals surface area (Å²) in [5.74, 6) is -2.34. The Morgan fingerprint density at radius 1 is 1.26 bits per heavy atom. The van der Waals surface area contributed by atoms with E-state index in [1.165, 1.54) is 6.07 Å². The standard InChI is InChI=1S/C17H12F3N3O3S/c18-17(19,20)12-6-13(10-4-2-1-3-5-10)23-16(11(12)7-21)27-9-14(24)22-8-15(25)26/h1-6H,8-9H2,(H,22,24)(H,25,26). The number of hydrogen-bond acceptors (Lipinski definition) is 5. The Balaban J connectivity index is 2.41. The first-order valence-corrected chi connectivity index (χ1v) is 8.40. The highest BCUT2D eigenvalue weighted by atomic mass is 32.2. The molecule has 0 atom stereocenters. The SMILES string of the molecule is N#Cc1c(C(F)(F)F)cc(-c2ccccc2)nc1SCC(=O)NCC(=O)O. The number of carboxylic acid groups (broad SMARTS) is 1. The molecule has 1 aromatic carbocycles. The molecule has 0 saturated heterocycles. The smallest absolute Gasteiger partial charge is 0.417 e. The molecular weight excluding hydrogens is 383 g/mol. The van der Waals surface area contributed by atoms with Crippen LogP contribution in [0.3, 0.4) is 0 Å². The highest BCUT2D eigenvalue weighted by molar-refractivity contribution is 8.00. The summed E-state index contributed by atoms with van der Waals surface area (Å²) in [6.07, 6.45) is -4.78. The summed E-state index contributed by atoms with van der Waals surface area (Å²) in [6, 6.07) is 10.4. The van der Waals surface area contributed by atoms with Crippen LogP contribution in [0.15, 0.2) is 41.4 Å². The maximum absolute atomic E-state index is 13.4. The molecule has 1 aromatic heterocycles. The zero-order valence-electron chi connectivity index (χ0n) is 13.6. The summed E-state index contributed by atoms with van der Waals surface area (Å²) in [6.45, 7) is -0.615. The lowest BCUT2D eigenvalue weighted by molar-refractivity contribution is -0.138. The fraction of sp³-hybridized carbons (Fsp3) is 0.176. The average molecular weight is 395 g/mol. The molecule has 2 rings (SSSR count). The van der Waals surface area contributed by atoms with Gasteiger partial charge in [-0.25, -0.2) is 4.98 Å². The van der Waals surface area contributed by atoms with Gasteiger partial charge in [0.15, 0.2) is 0 Å². The van der Waals surface area contributed by atoms with Gasteiger partial charge in [0.2, 0.25) is 5.91 Å². The molecular formula is C17H12F3N3O3S. The lowest BCUT2D eigenvalue weighted by Crippen LogP contribution is -2.30.